The third-order valence-corrected chi connectivity index (χ3v) is 4.31. The molecule has 0 radical (unpaired) electrons. The molecule has 2 heterocycles. The highest BCUT2D eigenvalue weighted by Crippen LogP contribution is 2.25. The molecule has 0 atom stereocenters. The van der Waals surface area contributed by atoms with Gasteiger partial charge >= 0.3 is 6.01 Å². The van der Waals surface area contributed by atoms with Gasteiger partial charge in [-0.05, 0) is 29.7 Å². The standard InChI is InChI=1S/C20H19N5O2/c1-14(26)23-17-7-4-8-18(11-17)27-20-22-13-21-19(24-20)25-10-9-15-5-2-3-6-16(15)12-25/h2-8,11,13H,9-10,12H2,1H3,(H,23,26). The van der Waals surface area contributed by atoms with Crippen molar-refractivity contribution >= 4 is 17.5 Å². The molecule has 0 fully saturated rings. The first-order valence-corrected chi connectivity index (χ1v) is 8.74. The second-order valence-corrected chi connectivity index (χ2v) is 6.32. The van der Waals surface area contributed by atoms with Gasteiger partial charge in [0.2, 0.25) is 11.9 Å². The smallest absolute Gasteiger partial charge is 0.326 e. The first-order valence-electron chi connectivity index (χ1n) is 8.74. The Bertz CT molecular complexity index is 976. The van der Waals surface area contributed by atoms with Crippen molar-refractivity contribution in [2.75, 3.05) is 16.8 Å². The van der Waals surface area contributed by atoms with Crippen LogP contribution in [0.3, 0.4) is 0 Å². The Morgan fingerprint density at radius 3 is 2.81 bits per heavy atom. The number of hydrogen-bond acceptors (Lipinski definition) is 6. The molecule has 7 nitrogen and oxygen atoms in total. The van der Waals surface area contributed by atoms with E-state index >= 15 is 0 Å². The molecule has 1 aromatic heterocycles. The summed E-state index contributed by atoms with van der Waals surface area (Å²) in [5.41, 5.74) is 3.31. The summed E-state index contributed by atoms with van der Waals surface area (Å²) in [4.78, 5) is 26.2. The first kappa shape index (κ1) is 17.0. The summed E-state index contributed by atoms with van der Waals surface area (Å²) in [6.45, 7) is 3.07. The lowest BCUT2D eigenvalue weighted by atomic mass is 10.0. The first-order chi connectivity index (χ1) is 13.2. The highest BCUT2D eigenvalue weighted by molar-refractivity contribution is 5.88. The van der Waals surface area contributed by atoms with E-state index < -0.39 is 0 Å². The number of amides is 1. The van der Waals surface area contributed by atoms with Gasteiger partial charge in [0.25, 0.3) is 0 Å². The van der Waals surface area contributed by atoms with Gasteiger partial charge < -0.3 is 15.0 Å². The molecule has 3 aromatic rings. The Hall–Kier alpha value is -3.48. The highest BCUT2D eigenvalue weighted by Gasteiger charge is 2.19. The monoisotopic (exact) mass is 361 g/mol. The molecule has 4 rings (SSSR count). The second kappa shape index (κ2) is 7.41. The summed E-state index contributed by atoms with van der Waals surface area (Å²) in [5, 5.41) is 2.72. The molecule has 1 amide bonds. The summed E-state index contributed by atoms with van der Waals surface area (Å²) in [6, 6.07) is 15.7. The molecule has 0 bridgehead atoms. The van der Waals surface area contributed by atoms with E-state index in [1.807, 2.05) is 6.07 Å². The molecule has 136 valence electrons. The Balaban J connectivity index is 1.51. The second-order valence-electron chi connectivity index (χ2n) is 6.32. The third kappa shape index (κ3) is 4.03. The minimum absolute atomic E-state index is 0.139. The van der Waals surface area contributed by atoms with Gasteiger partial charge in [0.1, 0.15) is 12.1 Å². The van der Waals surface area contributed by atoms with Crippen molar-refractivity contribution in [3.05, 3.63) is 66.0 Å². The maximum absolute atomic E-state index is 11.2. The summed E-state index contributed by atoms with van der Waals surface area (Å²) < 4.78 is 5.76. The molecule has 0 unspecified atom stereocenters. The van der Waals surface area contributed by atoms with Gasteiger partial charge in [-0.15, -0.1) is 0 Å². The molecule has 0 saturated carbocycles. The molecule has 0 saturated heterocycles. The number of aromatic nitrogens is 3. The Labute approximate surface area is 157 Å². The fourth-order valence-electron chi connectivity index (χ4n) is 3.09. The van der Waals surface area contributed by atoms with Crippen LogP contribution in [0, 0.1) is 0 Å². The number of carbonyl (C=O) groups is 1. The van der Waals surface area contributed by atoms with Gasteiger partial charge in [0.15, 0.2) is 0 Å². The van der Waals surface area contributed by atoms with Crippen molar-refractivity contribution in [1.29, 1.82) is 0 Å². The number of ether oxygens (including phenoxy) is 1. The maximum atomic E-state index is 11.2. The van der Waals surface area contributed by atoms with Gasteiger partial charge in [-0.3, -0.25) is 4.79 Å². The van der Waals surface area contributed by atoms with Crippen LogP contribution >= 0.6 is 0 Å². The largest absolute Gasteiger partial charge is 0.424 e. The van der Waals surface area contributed by atoms with Crippen LogP contribution in [0.15, 0.2) is 54.9 Å². The van der Waals surface area contributed by atoms with Crippen LogP contribution in [-0.4, -0.2) is 27.4 Å². The lowest BCUT2D eigenvalue weighted by Crippen LogP contribution is -2.31. The Morgan fingerprint density at radius 1 is 1.11 bits per heavy atom. The molecule has 7 heteroatoms. The van der Waals surface area contributed by atoms with Crippen LogP contribution in [0.4, 0.5) is 11.6 Å². The zero-order valence-corrected chi connectivity index (χ0v) is 14.9. The molecular formula is C20H19N5O2. The maximum Gasteiger partial charge on any atom is 0.326 e. The number of fused-ring (bicyclic) bond motifs is 1. The van der Waals surface area contributed by atoms with Crippen LogP contribution in [0.1, 0.15) is 18.1 Å². The van der Waals surface area contributed by atoms with E-state index in [1.54, 1.807) is 24.3 Å². The fourth-order valence-corrected chi connectivity index (χ4v) is 3.09. The van der Waals surface area contributed by atoms with Crippen LogP contribution in [0.5, 0.6) is 11.8 Å². The van der Waals surface area contributed by atoms with Crippen LogP contribution in [0.25, 0.3) is 0 Å². The van der Waals surface area contributed by atoms with Crippen LogP contribution in [0.2, 0.25) is 0 Å². The van der Waals surface area contributed by atoms with Gasteiger partial charge in [-0.25, -0.2) is 4.98 Å². The normalized spacial score (nSPS) is 13.0. The topological polar surface area (TPSA) is 80.2 Å². The van der Waals surface area contributed by atoms with E-state index in [9.17, 15) is 4.79 Å². The lowest BCUT2D eigenvalue weighted by molar-refractivity contribution is -0.114. The van der Waals surface area contributed by atoms with E-state index in [0.717, 1.165) is 19.5 Å². The minimum atomic E-state index is -0.139. The van der Waals surface area contributed by atoms with Crippen molar-refractivity contribution in [3.8, 4) is 11.8 Å². The van der Waals surface area contributed by atoms with Gasteiger partial charge in [-0.2, -0.15) is 9.97 Å². The summed E-state index contributed by atoms with van der Waals surface area (Å²) >= 11 is 0. The molecule has 0 spiro atoms. The number of nitrogens with one attached hydrogen (secondary N) is 1. The van der Waals surface area contributed by atoms with Gasteiger partial charge in [0, 0.05) is 31.8 Å². The number of benzene rings is 2. The average molecular weight is 361 g/mol. The van der Waals surface area contributed by atoms with Crippen molar-refractivity contribution in [2.24, 2.45) is 0 Å². The number of rotatable bonds is 4. The van der Waals surface area contributed by atoms with E-state index in [4.69, 9.17) is 4.74 Å². The van der Waals surface area contributed by atoms with E-state index in [0.29, 0.717) is 17.4 Å². The lowest BCUT2D eigenvalue weighted by Gasteiger charge is -2.28. The third-order valence-electron chi connectivity index (χ3n) is 4.31. The van der Waals surface area contributed by atoms with Crippen molar-refractivity contribution in [1.82, 2.24) is 15.0 Å². The summed E-state index contributed by atoms with van der Waals surface area (Å²) in [7, 11) is 0. The average Bonchev–Trinajstić information content (AvgIpc) is 2.67. The minimum Gasteiger partial charge on any atom is -0.424 e. The Morgan fingerprint density at radius 2 is 1.96 bits per heavy atom. The summed E-state index contributed by atoms with van der Waals surface area (Å²) in [5.74, 6) is 0.995. The predicted octanol–water partition coefficient (Wildman–Crippen LogP) is 3.19. The number of carbonyl (C=O) groups excluding carboxylic acids is 1. The molecule has 1 aliphatic rings. The van der Waals surface area contributed by atoms with Gasteiger partial charge in [-0.1, -0.05) is 30.3 Å². The van der Waals surface area contributed by atoms with E-state index in [-0.39, 0.29) is 11.9 Å². The molecule has 1 N–H and O–H groups in total. The Kier molecular flexibility index (Phi) is 4.65. The van der Waals surface area contributed by atoms with Crippen LogP contribution in [-0.2, 0) is 17.8 Å². The molecular weight excluding hydrogens is 342 g/mol. The predicted molar refractivity (Wildman–Crippen MR) is 102 cm³/mol. The molecule has 1 aliphatic heterocycles. The molecule has 2 aromatic carbocycles. The molecule has 0 aliphatic carbocycles. The number of anilines is 2. The zero-order valence-electron chi connectivity index (χ0n) is 14.9. The van der Waals surface area contributed by atoms with Crippen molar-refractivity contribution in [3.63, 3.8) is 0 Å². The fraction of sp³-hybridized carbons (Fsp3) is 0.200. The highest BCUT2D eigenvalue weighted by atomic mass is 16.5. The zero-order chi connectivity index (χ0) is 18.6. The SMILES string of the molecule is CC(=O)Nc1cccc(Oc2ncnc(N3CCc4ccccc4C3)n2)c1. The summed E-state index contributed by atoms with van der Waals surface area (Å²) in [6.07, 6.45) is 2.41. The molecule has 27 heavy (non-hydrogen) atoms. The number of hydrogen-bond donors (Lipinski definition) is 1. The quantitative estimate of drug-likeness (QED) is 0.769. The van der Waals surface area contributed by atoms with Crippen molar-refractivity contribution in [2.45, 2.75) is 19.9 Å². The van der Waals surface area contributed by atoms with Crippen molar-refractivity contribution < 1.29 is 9.53 Å². The van der Waals surface area contributed by atoms with Gasteiger partial charge in [0.05, 0.1) is 0 Å². The van der Waals surface area contributed by atoms with E-state index in [2.05, 4.69) is 43.4 Å². The van der Waals surface area contributed by atoms with E-state index in [1.165, 1.54) is 24.4 Å². The van der Waals surface area contributed by atoms with Crippen LogP contribution < -0.4 is 15.0 Å². The number of nitrogens with zero attached hydrogens (tertiary/aromatic N) is 4.